The number of rotatable bonds is 5. The van der Waals surface area contributed by atoms with Gasteiger partial charge in [-0.05, 0) is 54.7 Å². The van der Waals surface area contributed by atoms with Crippen LogP contribution in [0.25, 0.3) is 11.1 Å². The summed E-state index contributed by atoms with van der Waals surface area (Å²) in [5.74, 6) is 1.16. The highest BCUT2D eigenvalue weighted by Gasteiger charge is 2.25. The Morgan fingerprint density at radius 1 is 1.00 bits per heavy atom. The van der Waals surface area contributed by atoms with Crippen molar-refractivity contribution in [3.8, 4) is 16.9 Å². The summed E-state index contributed by atoms with van der Waals surface area (Å²) in [6.07, 6.45) is 0.988. The van der Waals surface area contributed by atoms with Crippen molar-refractivity contribution >= 4 is 20.5 Å². The summed E-state index contributed by atoms with van der Waals surface area (Å²) in [5, 5.41) is 1.07. The molecule has 1 saturated heterocycles. The van der Waals surface area contributed by atoms with Gasteiger partial charge >= 0.3 is 0 Å². The molecule has 0 saturated carbocycles. The molecule has 0 bridgehead atoms. The molecule has 31 heavy (non-hydrogen) atoms. The third kappa shape index (κ3) is 5.11. The first-order valence-corrected chi connectivity index (χ1v) is 11.8. The number of carbonyl (C=O) groups excluding carboxylic acids is 1. The van der Waals surface area contributed by atoms with E-state index in [9.17, 15) is 4.79 Å². The zero-order valence-electron chi connectivity index (χ0n) is 18.9. The number of piperazine rings is 1. The minimum atomic E-state index is 0.273. The second-order valence-electron chi connectivity index (χ2n) is 8.91. The van der Waals surface area contributed by atoms with Gasteiger partial charge in [0.05, 0.1) is 13.7 Å². The molecular formula is C25H34N3O2P. The van der Waals surface area contributed by atoms with Crippen LogP contribution in [0, 0.1) is 0 Å². The van der Waals surface area contributed by atoms with Crippen LogP contribution >= 0.6 is 9.24 Å². The summed E-state index contributed by atoms with van der Waals surface area (Å²) in [6, 6.07) is 13.6. The van der Waals surface area contributed by atoms with E-state index < -0.39 is 0 Å². The van der Waals surface area contributed by atoms with Crippen molar-refractivity contribution in [3.63, 3.8) is 0 Å². The van der Waals surface area contributed by atoms with Gasteiger partial charge in [-0.3, -0.25) is 14.6 Å². The average Bonchev–Trinajstić information content (AvgIpc) is 2.78. The fourth-order valence-corrected chi connectivity index (χ4v) is 5.01. The molecule has 0 N–H and O–H groups in total. The highest BCUT2D eigenvalue weighted by molar-refractivity contribution is 7.27. The minimum Gasteiger partial charge on any atom is -0.496 e. The molecule has 4 rings (SSSR count). The van der Waals surface area contributed by atoms with Gasteiger partial charge in [-0.15, -0.1) is 9.24 Å². The van der Waals surface area contributed by atoms with Crippen molar-refractivity contribution in [2.24, 2.45) is 0 Å². The Morgan fingerprint density at radius 3 is 2.39 bits per heavy atom. The van der Waals surface area contributed by atoms with Crippen LogP contribution in [0.5, 0.6) is 5.75 Å². The van der Waals surface area contributed by atoms with E-state index in [2.05, 4.69) is 63.2 Å². The van der Waals surface area contributed by atoms with Crippen molar-refractivity contribution in [2.75, 3.05) is 46.4 Å². The van der Waals surface area contributed by atoms with Gasteiger partial charge in [0.2, 0.25) is 5.91 Å². The SMILES string of the molecule is COc1ccc(-c2ccc3c(c2)CCN(CC(=O)N2CCN(C(C)C)CC2)C3)cc1P. The molecule has 2 heterocycles. The molecule has 1 atom stereocenters. The number of hydrogen-bond acceptors (Lipinski definition) is 4. The van der Waals surface area contributed by atoms with Crippen LogP contribution in [-0.4, -0.2) is 73.0 Å². The molecule has 2 aliphatic rings. The van der Waals surface area contributed by atoms with Crippen molar-refractivity contribution in [2.45, 2.75) is 32.9 Å². The van der Waals surface area contributed by atoms with Crippen molar-refractivity contribution in [3.05, 3.63) is 47.5 Å². The third-order valence-electron chi connectivity index (χ3n) is 6.62. The first-order valence-electron chi connectivity index (χ1n) is 11.2. The number of methoxy groups -OCH3 is 1. The lowest BCUT2D eigenvalue weighted by atomic mass is 9.94. The van der Waals surface area contributed by atoms with E-state index in [1.54, 1.807) is 7.11 Å². The van der Waals surface area contributed by atoms with Gasteiger partial charge in [0.15, 0.2) is 0 Å². The van der Waals surface area contributed by atoms with Gasteiger partial charge < -0.3 is 9.64 Å². The van der Waals surface area contributed by atoms with E-state index in [1.807, 2.05) is 11.0 Å². The van der Waals surface area contributed by atoms with E-state index in [-0.39, 0.29) is 5.91 Å². The summed E-state index contributed by atoms with van der Waals surface area (Å²) in [4.78, 5) is 19.6. The fourth-order valence-electron chi connectivity index (χ4n) is 4.62. The highest BCUT2D eigenvalue weighted by Crippen LogP contribution is 2.27. The molecule has 1 fully saturated rings. The maximum atomic E-state index is 12.8. The predicted molar refractivity (Wildman–Crippen MR) is 130 cm³/mol. The summed E-state index contributed by atoms with van der Waals surface area (Å²) >= 11 is 0. The molecule has 0 radical (unpaired) electrons. The molecule has 0 spiro atoms. The van der Waals surface area contributed by atoms with E-state index in [0.29, 0.717) is 12.6 Å². The molecule has 166 valence electrons. The topological polar surface area (TPSA) is 36.0 Å². The van der Waals surface area contributed by atoms with E-state index in [0.717, 1.165) is 56.7 Å². The first-order chi connectivity index (χ1) is 14.9. The van der Waals surface area contributed by atoms with Gasteiger partial charge in [-0.1, -0.05) is 24.3 Å². The number of ether oxygens (including phenoxy) is 1. The van der Waals surface area contributed by atoms with E-state index in [4.69, 9.17) is 4.74 Å². The van der Waals surface area contributed by atoms with Crippen LogP contribution in [0.1, 0.15) is 25.0 Å². The monoisotopic (exact) mass is 439 g/mol. The standard InChI is InChI=1S/C25H34N3O2P/c1-18(2)27-10-12-28(13-11-27)25(29)17-26-9-8-21-14-19(4-5-22(21)16-26)20-6-7-23(30-3)24(31)15-20/h4-7,14-15,18H,8-13,16-17,31H2,1-3H3. The zero-order valence-corrected chi connectivity index (χ0v) is 20.1. The second kappa shape index (κ2) is 9.68. The van der Waals surface area contributed by atoms with Crippen LogP contribution < -0.4 is 10.0 Å². The maximum Gasteiger partial charge on any atom is 0.236 e. The van der Waals surface area contributed by atoms with Crippen molar-refractivity contribution < 1.29 is 9.53 Å². The number of hydrogen-bond donors (Lipinski definition) is 0. The summed E-state index contributed by atoms with van der Waals surface area (Å²) in [7, 11) is 4.45. The van der Waals surface area contributed by atoms with Gasteiger partial charge in [0.25, 0.3) is 0 Å². The van der Waals surface area contributed by atoms with Crippen LogP contribution in [0.2, 0.25) is 0 Å². The van der Waals surface area contributed by atoms with E-state index in [1.165, 1.54) is 22.3 Å². The lowest BCUT2D eigenvalue weighted by Crippen LogP contribution is -2.53. The number of fused-ring (bicyclic) bond motifs is 1. The predicted octanol–water partition coefficient (Wildman–Crippen LogP) is 2.77. The van der Waals surface area contributed by atoms with Crippen LogP contribution in [-0.2, 0) is 17.8 Å². The maximum absolute atomic E-state index is 12.8. The molecule has 5 nitrogen and oxygen atoms in total. The lowest BCUT2D eigenvalue weighted by Gasteiger charge is -2.38. The van der Waals surface area contributed by atoms with Crippen LogP contribution in [0.15, 0.2) is 36.4 Å². The van der Waals surface area contributed by atoms with Crippen molar-refractivity contribution in [1.29, 1.82) is 0 Å². The number of carbonyl (C=O) groups is 1. The van der Waals surface area contributed by atoms with Crippen LogP contribution in [0.4, 0.5) is 0 Å². The quantitative estimate of drug-likeness (QED) is 0.672. The number of amides is 1. The van der Waals surface area contributed by atoms with Gasteiger partial charge in [0.1, 0.15) is 5.75 Å². The summed E-state index contributed by atoms with van der Waals surface area (Å²) in [5.41, 5.74) is 5.17. The van der Waals surface area contributed by atoms with Gasteiger partial charge in [-0.2, -0.15) is 0 Å². The van der Waals surface area contributed by atoms with E-state index >= 15 is 0 Å². The molecule has 1 unspecified atom stereocenters. The zero-order chi connectivity index (χ0) is 22.0. The molecule has 0 aromatic heterocycles. The van der Waals surface area contributed by atoms with Crippen LogP contribution in [0.3, 0.4) is 0 Å². The Kier molecular flexibility index (Phi) is 6.95. The molecular weight excluding hydrogens is 405 g/mol. The minimum absolute atomic E-state index is 0.273. The molecule has 2 aromatic carbocycles. The molecule has 2 aromatic rings. The Bertz CT molecular complexity index is 938. The van der Waals surface area contributed by atoms with Gasteiger partial charge in [-0.25, -0.2) is 0 Å². The largest absolute Gasteiger partial charge is 0.496 e. The second-order valence-corrected chi connectivity index (χ2v) is 9.53. The Labute approximate surface area is 188 Å². The Hall–Kier alpha value is -1.94. The smallest absolute Gasteiger partial charge is 0.236 e. The number of nitrogens with zero attached hydrogens (tertiary/aromatic N) is 3. The molecule has 1 amide bonds. The first kappa shape index (κ1) is 22.3. The van der Waals surface area contributed by atoms with Crippen molar-refractivity contribution in [1.82, 2.24) is 14.7 Å². The lowest BCUT2D eigenvalue weighted by molar-refractivity contribution is -0.134. The Balaban J connectivity index is 1.37. The third-order valence-corrected chi connectivity index (χ3v) is 7.07. The molecule has 2 aliphatic heterocycles. The summed E-state index contributed by atoms with van der Waals surface area (Å²) < 4.78 is 5.37. The summed E-state index contributed by atoms with van der Waals surface area (Å²) in [6.45, 7) is 10.4. The van der Waals surface area contributed by atoms with Gasteiger partial charge in [0, 0.05) is 50.6 Å². The number of benzene rings is 2. The normalized spacial score (nSPS) is 17.6. The Morgan fingerprint density at radius 2 is 1.71 bits per heavy atom. The average molecular weight is 440 g/mol. The molecule has 6 heteroatoms. The molecule has 0 aliphatic carbocycles. The highest BCUT2D eigenvalue weighted by atomic mass is 31.0. The fraction of sp³-hybridized carbons (Fsp3) is 0.480.